The number of benzene rings is 1. The number of pyridine rings is 2. The molecule has 0 aliphatic carbocycles. The molecule has 0 bridgehead atoms. The Hall–Kier alpha value is -2.98. The largest absolute Gasteiger partial charge is 0.311 e. The van der Waals surface area contributed by atoms with E-state index in [-0.39, 0.29) is 0 Å². The maximum Gasteiger partial charge on any atom is 0.136 e. The van der Waals surface area contributed by atoms with E-state index < -0.39 is 5.54 Å². The Morgan fingerprint density at radius 3 is 2.39 bits per heavy atom. The minimum Gasteiger partial charge on any atom is -0.311 e. The minimum atomic E-state index is -0.872. The van der Waals surface area contributed by atoms with E-state index in [9.17, 15) is 0 Å². The smallest absolute Gasteiger partial charge is 0.136 e. The Labute approximate surface area is 134 Å². The summed E-state index contributed by atoms with van der Waals surface area (Å²) in [6, 6.07) is 21.7. The van der Waals surface area contributed by atoms with Crippen LogP contribution in [0.4, 0.5) is 0 Å². The van der Waals surface area contributed by atoms with Gasteiger partial charge in [-0.25, -0.2) is 4.98 Å². The van der Waals surface area contributed by atoms with Crippen LogP contribution < -0.4 is 5.73 Å². The number of aromatic nitrogens is 3. The third-order valence-electron chi connectivity index (χ3n) is 4.12. The standard InChI is InChI=1S/C19H16N4/c20-19(15-8-2-1-3-9-15,16-10-4-6-12-21-16)17-14-22-18-11-5-7-13-23(17)18/h1-14H,20H2. The number of imidazole rings is 1. The molecule has 1 unspecified atom stereocenters. The minimum absolute atomic E-state index is 0.789. The Morgan fingerprint density at radius 2 is 1.61 bits per heavy atom. The number of nitrogens with zero attached hydrogens (tertiary/aromatic N) is 3. The molecular weight excluding hydrogens is 284 g/mol. The summed E-state index contributed by atoms with van der Waals surface area (Å²) in [4.78, 5) is 9.01. The molecule has 3 aromatic heterocycles. The predicted octanol–water partition coefficient (Wildman–Crippen LogP) is 2.98. The Balaban J connectivity index is 2.04. The van der Waals surface area contributed by atoms with Crippen LogP contribution in [0.2, 0.25) is 0 Å². The lowest BCUT2D eigenvalue weighted by molar-refractivity contribution is 0.601. The first-order valence-electron chi connectivity index (χ1n) is 7.48. The fraction of sp³-hybridized carbons (Fsp3) is 0.0526. The van der Waals surface area contributed by atoms with E-state index >= 15 is 0 Å². The van der Waals surface area contributed by atoms with Gasteiger partial charge in [-0.15, -0.1) is 0 Å². The highest BCUT2D eigenvalue weighted by Crippen LogP contribution is 2.33. The van der Waals surface area contributed by atoms with Crippen LogP contribution in [0.15, 0.2) is 85.3 Å². The highest BCUT2D eigenvalue weighted by Gasteiger charge is 2.36. The Morgan fingerprint density at radius 1 is 0.826 bits per heavy atom. The summed E-state index contributed by atoms with van der Waals surface area (Å²) >= 11 is 0. The molecule has 112 valence electrons. The van der Waals surface area contributed by atoms with Gasteiger partial charge >= 0.3 is 0 Å². The van der Waals surface area contributed by atoms with E-state index in [0.29, 0.717) is 0 Å². The highest BCUT2D eigenvalue weighted by molar-refractivity contribution is 5.49. The van der Waals surface area contributed by atoms with Gasteiger partial charge in [-0.05, 0) is 29.8 Å². The second-order valence-corrected chi connectivity index (χ2v) is 5.46. The third-order valence-corrected chi connectivity index (χ3v) is 4.12. The first-order chi connectivity index (χ1) is 11.3. The molecule has 4 rings (SSSR count). The summed E-state index contributed by atoms with van der Waals surface area (Å²) < 4.78 is 2.02. The van der Waals surface area contributed by atoms with Crippen molar-refractivity contribution < 1.29 is 0 Å². The molecule has 0 fully saturated rings. The van der Waals surface area contributed by atoms with Crippen LogP contribution in [0.3, 0.4) is 0 Å². The average Bonchev–Trinajstić information content (AvgIpc) is 3.07. The molecule has 0 aliphatic rings. The summed E-state index contributed by atoms with van der Waals surface area (Å²) in [6.45, 7) is 0. The van der Waals surface area contributed by atoms with E-state index in [4.69, 9.17) is 5.73 Å². The van der Waals surface area contributed by atoms with Gasteiger partial charge in [0.1, 0.15) is 11.2 Å². The maximum absolute atomic E-state index is 6.95. The van der Waals surface area contributed by atoms with Crippen LogP contribution in [0, 0.1) is 0 Å². The molecule has 0 spiro atoms. The van der Waals surface area contributed by atoms with Gasteiger partial charge in [-0.1, -0.05) is 42.5 Å². The number of hydrogen-bond donors (Lipinski definition) is 1. The molecule has 4 nitrogen and oxygen atoms in total. The molecular formula is C19H16N4. The summed E-state index contributed by atoms with van der Waals surface area (Å²) in [5.41, 5.74) is 9.59. The Kier molecular flexibility index (Phi) is 3.17. The van der Waals surface area contributed by atoms with Crippen molar-refractivity contribution in [2.75, 3.05) is 0 Å². The van der Waals surface area contributed by atoms with Crippen LogP contribution >= 0.6 is 0 Å². The van der Waals surface area contributed by atoms with Crippen molar-refractivity contribution in [2.24, 2.45) is 5.73 Å². The first-order valence-corrected chi connectivity index (χ1v) is 7.48. The number of rotatable bonds is 3. The molecule has 0 radical (unpaired) electrons. The predicted molar refractivity (Wildman–Crippen MR) is 89.9 cm³/mol. The lowest BCUT2D eigenvalue weighted by Gasteiger charge is -2.29. The topological polar surface area (TPSA) is 56.2 Å². The average molecular weight is 300 g/mol. The van der Waals surface area contributed by atoms with Gasteiger partial charge in [-0.3, -0.25) is 4.98 Å². The quantitative estimate of drug-likeness (QED) is 0.633. The van der Waals surface area contributed by atoms with Crippen LogP contribution in [0.25, 0.3) is 5.65 Å². The van der Waals surface area contributed by atoms with Gasteiger partial charge < -0.3 is 10.1 Å². The van der Waals surface area contributed by atoms with Crippen molar-refractivity contribution in [3.63, 3.8) is 0 Å². The summed E-state index contributed by atoms with van der Waals surface area (Å²) in [5.74, 6) is 0. The van der Waals surface area contributed by atoms with Crippen LogP contribution in [-0.4, -0.2) is 14.4 Å². The van der Waals surface area contributed by atoms with Crippen LogP contribution in [0.1, 0.15) is 17.0 Å². The molecule has 1 atom stereocenters. The van der Waals surface area contributed by atoms with Gasteiger partial charge in [-0.2, -0.15) is 0 Å². The molecule has 23 heavy (non-hydrogen) atoms. The zero-order chi connectivity index (χ0) is 15.7. The second kappa shape index (κ2) is 5.34. The fourth-order valence-electron chi connectivity index (χ4n) is 2.95. The van der Waals surface area contributed by atoms with Crippen molar-refractivity contribution in [3.8, 4) is 0 Å². The van der Waals surface area contributed by atoms with Gasteiger partial charge in [0.05, 0.1) is 17.6 Å². The van der Waals surface area contributed by atoms with E-state index in [1.807, 2.05) is 83.5 Å². The van der Waals surface area contributed by atoms with Crippen molar-refractivity contribution in [1.29, 1.82) is 0 Å². The number of fused-ring (bicyclic) bond motifs is 1. The molecule has 3 heterocycles. The van der Waals surface area contributed by atoms with Gasteiger partial charge in [0.2, 0.25) is 0 Å². The normalized spacial score (nSPS) is 13.8. The zero-order valence-corrected chi connectivity index (χ0v) is 12.5. The van der Waals surface area contributed by atoms with E-state index in [1.165, 1.54) is 0 Å². The molecule has 2 N–H and O–H groups in total. The maximum atomic E-state index is 6.95. The van der Waals surface area contributed by atoms with Crippen LogP contribution in [-0.2, 0) is 5.54 Å². The van der Waals surface area contributed by atoms with Crippen molar-refractivity contribution >= 4 is 5.65 Å². The van der Waals surface area contributed by atoms with Gasteiger partial charge in [0.25, 0.3) is 0 Å². The monoisotopic (exact) mass is 300 g/mol. The molecule has 0 aliphatic heterocycles. The van der Waals surface area contributed by atoms with Crippen molar-refractivity contribution in [2.45, 2.75) is 5.54 Å². The molecule has 0 amide bonds. The molecule has 1 aromatic carbocycles. The lowest BCUT2D eigenvalue weighted by atomic mass is 9.84. The lowest BCUT2D eigenvalue weighted by Crippen LogP contribution is -2.41. The Bertz CT molecular complexity index is 890. The van der Waals surface area contributed by atoms with E-state index in [2.05, 4.69) is 9.97 Å². The fourth-order valence-corrected chi connectivity index (χ4v) is 2.95. The SMILES string of the molecule is NC(c1ccccc1)(c1ccccn1)c1cnc2ccccn12. The van der Waals surface area contributed by atoms with Crippen molar-refractivity contribution in [3.05, 3.63) is 102 Å². The van der Waals surface area contributed by atoms with Gasteiger partial charge in [0.15, 0.2) is 0 Å². The molecule has 0 saturated heterocycles. The summed E-state index contributed by atoms with van der Waals surface area (Å²) in [6.07, 6.45) is 5.57. The summed E-state index contributed by atoms with van der Waals surface area (Å²) in [7, 11) is 0. The number of hydrogen-bond acceptors (Lipinski definition) is 3. The molecule has 4 heteroatoms. The third kappa shape index (κ3) is 2.12. The highest BCUT2D eigenvalue weighted by atomic mass is 15.0. The van der Waals surface area contributed by atoms with Crippen LogP contribution in [0.5, 0.6) is 0 Å². The summed E-state index contributed by atoms with van der Waals surface area (Å²) in [5, 5.41) is 0. The van der Waals surface area contributed by atoms with E-state index in [1.54, 1.807) is 6.20 Å². The van der Waals surface area contributed by atoms with Gasteiger partial charge in [0, 0.05) is 12.4 Å². The second-order valence-electron chi connectivity index (χ2n) is 5.46. The molecule has 0 saturated carbocycles. The first kappa shape index (κ1) is 13.7. The zero-order valence-electron chi connectivity index (χ0n) is 12.5. The number of nitrogens with two attached hydrogens (primary N) is 1. The van der Waals surface area contributed by atoms with E-state index in [0.717, 1.165) is 22.6 Å². The molecule has 4 aromatic rings. The van der Waals surface area contributed by atoms with Crippen molar-refractivity contribution in [1.82, 2.24) is 14.4 Å².